The molecule has 1 aliphatic heterocycles. The first-order valence-corrected chi connectivity index (χ1v) is 16.6. The van der Waals surface area contributed by atoms with Crippen molar-refractivity contribution >= 4 is 63.7 Å². The van der Waals surface area contributed by atoms with Crippen LogP contribution in [0.25, 0.3) is 10.9 Å². The number of benzene rings is 3. The number of aliphatic carboxylic acids is 1. The lowest BCUT2D eigenvalue weighted by atomic mass is 10.0. The fraction of sp³-hybridized carbons (Fsp3) is 0.286. The highest BCUT2D eigenvalue weighted by molar-refractivity contribution is 6.42. The number of nitrogens with two attached hydrogens (primary N) is 1. The van der Waals surface area contributed by atoms with Crippen LogP contribution in [0.5, 0.6) is 0 Å². The predicted octanol–water partition coefficient (Wildman–Crippen LogP) is 3.44. The first-order valence-electron chi connectivity index (χ1n) is 15.9. The molecule has 4 amide bonds. The van der Waals surface area contributed by atoms with Gasteiger partial charge in [0.05, 0.1) is 28.5 Å². The molecule has 1 saturated heterocycles. The number of amides is 4. The molecule has 5 rings (SSSR count). The molecule has 3 aromatic carbocycles. The Balaban J connectivity index is 0.000000785. The molecule has 0 aliphatic carbocycles. The van der Waals surface area contributed by atoms with Crippen molar-refractivity contribution < 1.29 is 42.3 Å². The van der Waals surface area contributed by atoms with E-state index in [1.807, 2.05) is 54.6 Å². The van der Waals surface area contributed by atoms with Gasteiger partial charge < -0.3 is 37.1 Å². The van der Waals surface area contributed by atoms with Crippen molar-refractivity contribution in [2.24, 2.45) is 5.73 Å². The zero-order valence-corrected chi connectivity index (χ0v) is 28.8. The van der Waals surface area contributed by atoms with E-state index in [0.29, 0.717) is 16.5 Å². The average Bonchev–Trinajstić information content (AvgIpc) is 3.50. The van der Waals surface area contributed by atoms with Gasteiger partial charge in [-0.2, -0.15) is 13.2 Å². The molecule has 0 unspecified atom stereocenters. The Hall–Kier alpha value is -5.12. The summed E-state index contributed by atoms with van der Waals surface area (Å²) in [5, 5.41) is 20.2. The van der Waals surface area contributed by atoms with Gasteiger partial charge in [-0.05, 0) is 41.3 Å². The van der Waals surface area contributed by atoms with Crippen LogP contribution < -0.4 is 27.0 Å². The number of fused-ring (bicyclic) bond motifs is 1. The molecular formula is C35H35Cl2F3N6O6. The minimum atomic E-state index is -5.08. The zero-order valence-electron chi connectivity index (χ0n) is 27.3. The van der Waals surface area contributed by atoms with E-state index >= 15 is 0 Å². The summed E-state index contributed by atoms with van der Waals surface area (Å²) in [6, 6.07) is 18.2. The number of halogens is 5. The maximum Gasteiger partial charge on any atom is 0.490 e. The highest BCUT2D eigenvalue weighted by Crippen LogP contribution is 2.23. The summed E-state index contributed by atoms with van der Waals surface area (Å²) in [7, 11) is 0. The molecule has 1 aliphatic rings. The van der Waals surface area contributed by atoms with E-state index in [1.54, 1.807) is 24.4 Å². The lowest BCUT2D eigenvalue weighted by Crippen LogP contribution is -2.59. The second kappa shape index (κ2) is 17.9. The smallest absolute Gasteiger partial charge is 0.475 e. The molecule has 0 spiro atoms. The molecule has 8 N–H and O–H groups in total. The third kappa shape index (κ3) is 11.4. The number of carboxylic acids is 1. The SMILES string of the molecule is N[C@H]1CC(=O)N[C@@H](Cc2c[nH]c3ccccc23)C(=O)N[C@@H](Cc2ccccc2)C(=O)N[C@H](Cc2ccc(Cl)c(Cl)c2)CNC1=O.O=C(O)C(F)(F)F. The molecule has 276 valence electrons. The minimum absolute atomic E-state index is 0.0231. The number of carbonyl (C=O) groups is 5. The van der Waals surface area contributed by atoms with Crippen molar-refractivity contribution in [2.45, 2.75) is 56.0 Å². The molecule has 0 bridgehead atoms. The number of hydrogen-bond acceptors (Lipinski definition) is 6. The largest absolute Gasteiger partial charge is 0.490 e. The first-order chi connectivity index (χ1) is 24.6. The maximum atomic E-state index is 13.9. The van der Waals surface area contributed by atoms with Crippen LogP contribution in [-0.4, -0.2) is 76.6 Å². The topological polar surface area (TPSA) is 196 Å². The number of aromatic amines is 1. The molecule has 17 heteroatoms. The van der Waals surface area contributed by atoms with E-state index in [4.69, 9.17) is 38.8 Å². The number of para-hydroxylation sites is 1. The van der Waals surface area contributed by atoms with Gasteiger partial charge in [0.25, 0.3) is 0 Å². The normalized spacial score (nSPS) is 20.3. The summed E-state index contributed by atoms with van der Waals surface area (Å²) in [6.45, 7) is 0.0231. The van der Waals surface area contributed by atoms with Crippen LogP contribution in [0.4, 0.5) is 13.2 Å². The van der Waals surface area contributed by atoms with Crippen molar-refractivity contribution in [1.82, 2.24) is 26.3 Å². The number of aromatic nitrogens is 1. The monoisotopic (exact) mass is 762 g/mol. The molecule has 1 fully saturated rings. The molecule has 52 heavy (non-hydrogen) atoms. The molecule has 0 saturated carbocycles. The summed E-state index contributed by atoms with van der Waals surface area (Å²) < 4.78 is 31.7. The molecule has 12 nitrogen and oxygen atoms in total. The third-order valence-corrected chi connectivity index (χ3v) is 8.73. The van der Waals surface area contributed by atoms with Crippen LogP contribution in [0.3, 0.4) is 0 Å². The lowest BCUT2D eigenvalue weighted by molar-refractivity contribution is -0.192. The summed E-state index contributed by atoms with van der Waals surface area (Å²) in [6.07, 6.45) is -2.99. The fourth-order valence-corrected chi connectivity index (χ4v) is 5.71. The van der Waals surface area contributed by atoms with E-state index in [2.05, 4.69) is 26.3 Å². The Morgan fingerprint density at radius 3 is 2.10 bits per heavy atom. The summed E-state index contributed by atoms with van der Waals surface area (Å²) in [5.41, 5.74) is 9.37. The van der Waals surface area contributed by atoms with Gasteiger partial charge in [0.1, 0.15) is 12.1 Å². The lowest BCUT2D eigenvalue weighted by Gasteiger charge is -2.27. The number of H-pyrrole nitrogens is 1. The van der Waals surface area contributed by atoms with Crippen LogP contribution >= 0.6 is 23.2 Å². The minimum Gasteiger partial charge on any atom is -0.475 e. The van der Waals surface area contributed by atoms with E-state index in [1.165, 1.54) is 0 Å². The Morgan fingerprint density at radius 2 is 1.42 bits per heavy atom. The van der Waals surface area contributed by atoms with E-state index < -0.39 is 59.9 Å². The Bertz CT molecular complexity index is 1910. The van der Waals surface area contributed by atoms with Crippen LogP contribution in [0.15, 0.2) is 79.0 Å². The van der Waals surface area contributed by atoms with E-state index in [9.17, 15) is 32.3 Å². The van der Waals surface area contributed by atoms with Crippen molar-refractivity contribution in [2.75, 3.05) is 6.54 Å². The van der Waals surface area contributed by atoms with Gasteiger partial charge in [-0.25, -0.2) is 4.79 Å². The predicted molar refractivity (Wildman–Crippen MR) is 187 cm³/mol. The van der Waals surface area contributed by atoms with Gasteiger partial charge in [0.15, 0.2) is 0 Å². The van der Waals surface area contributed by atoms with Crippen molar-refractivity contribution in [3.05, 3.63) is 106 Å². The number of hydrogen-bond donors (Lipinski definition) is 7. The van der Waals surface area contributed by atoms with Gasteiger partial charge in [0, 0.05) is 36.5 Å². The van der Waals surface area contributed by atoms with Crippen LogP contribution in [-0.2, 0) is 43.2 Å². The quantitative estimate of drug-likeness (QED) is 0.156. The molecule has 0 radical (unpaired) electrons. The van der Waals surface area contributed by atoms with E-state index in [-0.39, 0.29) is 25.8 Å². The molecular weight excluding hydrogens is 728 g/mol. The van der Waals surface area contributed by atoms with Crippen molar-refractivity contribution in [3.63, 3.8) is 0 Å². The van der Waals surface area contributed by atoms with Gasteiger partial charge in [-0.3, -0.25) is 19.2 Å². The van der Waals surface area contributed by atoms with Gasteiger partial charge in [-0.15, -0.1) is 0 Å². The Morgan fingerprint density at radius 1 is 0.788 bits per heavy atom. The molecule has 4 aromatic rings. The number of rotatable bonds is 6. The van der Waals surface area contributed by atoms with Crippen LogP contribution in [0.1, 0.15) is 23.1 Å². The van der Waals surface area contributed by atoms with Crippen molar-refractivity contribution in [3.8, 4) is 0 Å². The summed E-state index contributed by atoms with van der Waals surface area (Å²) in [5.74, 6) is -4.88. The fourth-order valence-electron chi connectivity index (χ4n) is 5.39. The van der Waals surface area contributed by atoms with Gasteiger partial charge in [0.2, 0.25) is 23.6 Å². The Labute approximate surface area is 305 Å². The number of nitrogens with one attached hydrogen (secondary N) is 5. The molecule has 4 atom stereocenters. The average molecular weight is 764 g/mol. The van der Waals surface area contributed by atoms with Gasteiger partial charge in [-0.1, -0.05) is 77.8 Å². The van der Waals surface area contributed by atoms with Crippen molar-refractivity contribution in [1.29, 1.82) is 0 Å². The summed E-state index contributed by atoms with van der Waals surface area (Å²) in [4.78, 5) is 65.8. The zero-order chi connectivity index (χ0) is 38.0. The third-order valence-electron chi connectivity index (χ3n) is 7.99. The standard InChI is InChI=1S/C33H34Cl2N6O4.C2HF3O2/c34-24-11-10-20(13-25(24)35)12-22-18-38-31(43)26(36)16-30(42)40-29(15-21-17-37-27-9-5-4-8-23(21)27)33(45)41-28(32(44)39-22)14-19-6-2-1-3-7-19;3-2(4,5)1(6)7/h1-11,13,17,22,26,28-29,37H,12,14-16,18,36H2,(H,38,43)(H,39,44)(H,40,42)(H,41,45);(H,6,7)/t22-,26+,28+,29+;/m1./s1. The molecule has 2 heterocycles. The highest BCUT2D eigenvalue weighted by Gasteiger charge is 2.38. The number of alkyl halides is 3. The first kappa shape index (κ1) is 39.7. The van der Waals surface area contributed by atoms with Gasteiger partial charge >= 0.3 is 12.1 Å². The number of carbonyl (C=O) groups excluding carboxylic acids is 4. The van der Waals surface area contributed by atoms with Crippen LogP contribution in [0.2, 0.25) is 10.0 Å². The Kier molecular flexibility index (Phi) is 13.6. The molecule has 1 aromatic heterocycles. The summed E-state index contributed by atoms with van der Waals surface area (Å²) >= 11 is 12.3. The van der Waals surface area contributed by atoms with Crippen LogP contribution in [0, 0.1) is 0 Å². The highest BCUT2D eigenvalue weighted by atomic mass is 35.5. The second-order valence-corrected chi connectivity index (χ2v) is 12.8. The number of carboxylic acid groups (broad SMARTS) is 1. The van der Waals surface area contributed by atoms with E-state index in [0.717, 1.165) is 27.6 Å². The maximum absolute atomic E-state index is 13.9. The second-order valence-electron chi connectivity index (χ2n) is 12.0.